The summed E-state index contributed by atoms with van der Waals surface area (Å²) in [5.74, 6) is 1.01. The third kappa shape index (κ3) is 4.42. The van der Waals surface area contributed by atoms with Gasteiger partial charge in [-0.2, -0.15) is 0 Å². The minimum atomic E-state index is -0.369. The summed E-state index contributed by atoms with van der Waals surface area (Å²) in [6.45, 7) is 4.68. The molecule has 1 heterocycles. The highest BCUT2D eigenvalue weighted by atomic mass is 79.9. The maximum Gasteiger partial charge on any atom is 0.163 e. The molecular weight excluding hydrogens is 492 g/mol. The lowest BCUT2D eigenvalue weighted by Gasteiger charge is -2.34. The van der Waals surface area contributed by atoms with E-state index in [0.717, 1.165) is 39.2 Å². The molecule has 1 aliphatic heterocycles. The van der Waals surface area contributed by atoms with Crippen molar-refractivity contribution in [3.63, 3.8) is 0 Å². The lowest BCUT2D eigenvalue weighted by molar-refractivity contribution is -0.118. The molecule has 3 aromatic carbocycles. The first-order valence-electron chi connectivity index (χ1n) is 11.4. The normalized spacial score (nSPS) is 18.8. The first-order valence-corrected chi connectivity index (χ1v) is 12.2. The first kappa shape index (κ1) is 22.5. The van der Waals surface area contributed by atoms with E-state index in [-0.39, 0.29) is 23.0 Å². The van der Waals surface area contributed by atoms with Crippen molar-refractivity contribution in [1.82, 2.24) is 0 Å². The standard InChI is InChI=1S/C28H27BrN2O3/c1-28(2)14-22-25(24(33)15-28)26(30-21-9-6-10-23(32)27(21)31-22)19-12-11-18(13-20(19)29)34-16-17-7-4-3-5-8-17/h3-13,26,30-32H,14-16H2,1-2H3. The summed E-state index contributed by atoms with van der Waals surface area (Å²) in [5, 5.41) is 17.4. The Balaban J connectivity index is 1.52. The van der Waals surface area contributed by atoms with Crippen LogP contribution in [0.2, 0.25) is 0 Å². The van der Waals surface area contributed by atoms with Gasteiger partial charge in [0.05, 0.1) is 11.7 Å². The lowest BCUT2D eigenvalue weighted by atomic mass is 9.73. The smallest absolute Gasteiger partial charge is 0.163 e. The maximum atomic E-state index is 13.4. The molecule has 3 aromatic rings. The Hall–Kier alpha value is -3.25. The highest BCUT2D eigenvalue weighted by Gasteiger charge is 2.39. The topological polar surface area (TPSA) is 70.6 Å². The van der Waals surface area contributed by atoms with E-state index in [9.17, 15) is 9.90 Å². The number of phenols is 1. The Bertz CT molecular complexity index is 1280. The number of allylic oxidation sites excluding steroid dienone is 1. The third-order valence-corrected chi connectivity index (χ3v) is 7.04. The molecule has 0 spiro atoms. The Labute approximate surface area is 208 Å². The van der Waals surface area contributed by atoms with E-state index in [2.05, 4.69) is 40.4 Å². The molecule has 1 aliphatic carbocycles. The summed E-state index contributed by atoms with van der Waals surface area (Å²) in [5.41, 5.74) is 4.80. The predicted octanol–water partition coefficient (Wildman–Crippen LogP) is 6.96. The number of rotatable bonds is 4. The molecule has 0 radical (unpaired) electrons. The lowest BCUT2D eigenvalue weighted by Crippen LogP contribution is -2.31. The van der Waals surface area contributed by atoms with Crippen LogP contribution >= 0.6 is 15.9 Å². The number of nitrogens with one attached hydrogen (secondary N) is 2. The van der Waals surface area contributed by atoms with Crippen LogP contribution in [0.5, 0.6) is 11.5 Å². The van der Waals surface area contributed by atoms with E-state index >= 15 is 0 Å². The van der Waals surface area contributed by atoms with Gasteiger partial charge in [0, 0.05) is 22.2 Å². The molecule has 6 heteroatoms. The summed E-state index contributed by atoms with van der Waals surface area (Å²) in [7, 11) is 0. The van der Waals surface area contributed by atoms with E-state index in [1.54, 1.807) is 12.1 Å². The maximum absolute atomic E-state index is 13.4. The van der Waals surface area contributed by atoms with Gasteiger partial charge in [0.1, 0.15) is 23.8 Å². The predicted molar refractivity (Wildman–Crippen MR) is 138 cm³/mol. The number of benzene rings is 3. The van der Waals surface area contributed by atoms with Gasteiger partial charge in [-0.05, 0) is 47.2 Å². The van der Waals surface area contributed by atoms with Crippen molar-refractivity contribution in [2.24, 2.45) is 5.41 Å². The van der Waals surface area contributed by atoms with E-state index in [4.69, 9.17) is 4.74 Å². The van der Waals surface area contributed by atoms with E-state index in [0.29, 0.717) is 24.3 Å². The van der Waals surface area contributed by atoms with Crippen LogP contribution in [0.25, 0.3) is 0 Å². The number of ether oxygens (including phenoxy) is 1. The fraction of sp³-hybridized carbons (Fsp3) is 0.250. The molecule has 2 aliphatic rings. The number of hydrogen-bond donors (Lipinski definition) is 3. The molecule has 0 bridgehead atoms. The summed E-state index contributed by atoms with van der Waals surface area (Å²) in [6, 6.07) is 20.9. The molecule has 0 amide bonds. The van der Waals surface area contributed by atoms with Gasteiger partial charge in [0.2, 0.25) is 0 Å². The van der Waals surface area contributed by atoms with Crippen molar-refractivity contribution in [3.8, 4) is 11.5 Å². The number of hydrogen-bond acceptors (Lipinski definition) is 5. The molecule has 0 saturated carbocycles. The van der Waals surface area contributed by atoms with E-state index in [1.807, 2.05) is 54.6 Å². The van der Waals surface area contributed by atoms with Crippen molar-refractivity contribution >= 4 is 33.1 Å². The van der Waals surface area contributed by atoms with Crippen molar-refractivity contribution in [2.75, 3.05) is 10.6 Å². The van der Waals surface area contributed by atoms with Gasteiger partial charge in [-0.25, -0.2) is 0 Å². The van der Waals surface area contributed by atoms with Gasteiger partial charge in [0.15, 0.2) is 5.78 Å². The number of ketones is 1. The summed E-state index contributed by atoms with van der Waals surface area (Å²) in [6.07, 6.45) is 1.19. The quantitative estimate of drug-likeness (QED) is 0.325. The van der Waals surface area contributed by atoms with Crippen LogP contribution in [-0.4, -0.2) is 10.9 Å². The largest absolute Gasteiger partial charge is 0.506 e. The van der Waals surface area contributed by atoms with Gasteiger partial charge in [-0.3, -0.25) is 4.79 Å². The molecular formula is C28H27BrN2O3. The molecule has 174 valence electrons. The zero-order valence-corrected chi connectivity index (χ0v) is 20.8. The number of phenolic OH excluding ortho intramolecular Hbond substituents is 1. The van der Waals surface area contributed by atoms with Crippen LogP contribution in [0, 0.1) is 5.41 Å². The van der Waals surface area contributed by atoms with Crippen LogP contribution in [-0.2, 0) is 11.4 Å². The number of para-hydroxylation sites is 1. The molecule has 34 heavy (non-hydrogen) atoms. The van der Waals surface area contributed by atoms with Gasteiger partial charge >= 0.3 is 0 Å². The molecule has 3 N–H and O–H groups in total. The van der Waals surface area contributed by atoms with Gasteiger partial charge in [-0.15, -0.1) is 0 Å². The Morgan fingerprint density at radius 2 is 1.85 bits per heavy atom. The van der Waals surface area contributed by atoms with Crippen LogP contribution in [0.3, 0.4) is 0 Å². The van der Waals surface area contributed by atoms with Crippen LogP contribution < -0.4 is 15.4 Å². The Morgan fingerprint density at radius 3 is 2.62 bits per heavy atom. The SMILES string of the molecule is CC1(C)CC(=O)C2=C(C1)Nc1c(O)cccc1NC2c1ccc(OCc2ccccc2)cc1Br. The zero-order chi connectivity index (χ0) is 23.9. The van der Waals surface area contributed by atoms with Crippen LogP contribution in [0.1, 0.15) is 43.9 Å². The zero-order valence-electron chi connectivity index (χ0n) is 19.2. The average molecular weight is 519 g/mol. The number of carbonyl (C=O) groups excluding carboxylic acids is 1. The second kappa shape index (κ2) is 8.84. The number of aromatic hydroxyl groups is 1. The number of halogens is 1. The van der Waals surface area contributed by atoms with Crippen molar-refractivity contribution in [1.29, 1.82) is 0 Å². The highest BCUT2D eigenvalue weighted by molar-refractivity contribution is 9.10. The minimum absolute atomic E-state index is 0.111. The number of carbonyl (C=O) groups is 1. The van der Waals surface area contributed by atoms with E-state index in [1.165, 1.54) is 0 Å². The van der Waals surface area contributed by atoms with Gasteiger partial charge in [-0.1, -0.05) is 72.2 Å². The molecule has 0 aromatic heterocycles. The van der Waals surface area contributed by atoms with Gasteiger partial charge < -0.3 is 20.5 Å². The second-order valence-electron chi connectivity index (χ2n) is 9.69. The molecule has 1 unspecified atom stereocenters. The fourth-order valence-electron chi connectivity index (χ4n) is 4.76. The summed E-state index contributed by atoms with van der Waals surface area (Å²) < 4.78 is 6.84. The fourth-order valence-corrected chi connectivity index (χ4v) is 5.34. The number of Topliss-reactive ketones (excluding diaryl/α,β-unsaturated/α-hetero) is 1. The minimum Gasteiger partial charge on any atom is -0.506 e. The first-order chi connectivity index (χ1) is 16.3. The molecule has 5 rings (SSSR count). The summed E-state index contributed by atoms with van der Waals surface area (Å²) >= 11 is 3.72. The molecule has 0 saturated heterocycles. The van der Waals surface area contributed by atoms with Crippen LogP contribution in [0.15, 0.2) is 82.5 Å². The molecule has 5 nitrogen and oxygen atoms in total. The summed E-state index contributed by atoms with van der Waals surface area (Å²) in [4.78, 5) is 13.4. The van der Waals surface area contributed by atoms with Crippen molar-refractivity contribution in [2.45, 2.75) is 39.3 Å². The molecule has 0 fully saturated rings. The third-order valence-electron chi connectivity index (χ3n) is 6.36. The second-order valence-corrected chi connectivity index (χ2v) is 10.5. The van der Waals surface area contributed by atoms with Crippen molar-refractivity contribution < 1.29 is 14.6 Å². The Morgan fingerprint density at radius 1 is 1.06 bits per heavy atom. The highest BCUT2D eigenvalue weighted by Crippen LogP contribution is 2.48. The molecule has 1 atom stereocenters. The average Bonchev–Trinajstić information content (AvgIpc) is 2.95. The van der Waals surface area contributed by atoms with Gasteiger partial charge in [0.25, 0.3) is 0 Å². The monoisotopic (exact) mass is 518 g/mol. The van der Waals surface area contributed by atoms with Crippen molar-refractivity contribution in [3.05, 3.63) is 93.6 Å². The number of fused-ring (bicyclic) bond motifs is 1. The van der Waals surface area contributed by atoms with Crippen LogP contribution in [0.4, 0.5) is 11.4 Å². The Kier molecular flexibility index (Phi) is 5.86. The number of anilines is 2. The van der Waals surface area contributed by atoms with E-state index < -0.39 is 0 Å².